The molecule has 5 heteroatoms. The highest BCUT2D eigenvalue weighted by Gasteiger charge is 2.28. The van der Waals surface area contributed by atoms with Crippen LogP contribution in [-0.4, -0.2) is 53.3 Å². The quantitative estimate of drug-likeness (QED) is 0.762. The van der Waals surface area contributed by atoms with Gasteiger partial charge in [-0.05, 0) is 26.9 Å². The van der Waals surface area contributed by atoms with Gasteiger partial charge in [-0.1, -0.05) is 0 Å². The topological polar surface area (TPSA) is 50.3 Å². The molecule has 3 rings (SSSR count). The lowest BCUT2D eigenvalue weighted by molar-refractivity contribution is 0.307. The first kappa shape index (κ1) is 11.0. The van der Waals surface area contributed by atoms with Gasteiger partial charge in [-0.25, -0.2) is 4.68 Å². The van der Waals surface area contributed by atoms with Gasteiger partial charge < -0.3 is 15.5 Å². The summed E-state index contributed by atoms with van der Waals surface area (Å²) in [5.41, 5.74) is 8.73. The van der Waals surface area contributed by atoms with E-state index in [1.807, 2.05) is 0 Å². The van der Waals surface area contributed by atoms with Crippen molar-refractivity contribution in [1.29, 1.82) is 0 Å². The number of nitrogens with two attached hydrogens (primary N) is 1. The molecule has 1 unspecified atom stereocenters. The van der Waals surface area contributed by atoms with Gasteiger partial charge in [-0.3, -0.25) is 0 Å². The van der Waals surface area contributed by atoms with Crippen molar-refractivity contribution in [3.05, 3.63) is 11.3 Å². The maximum atomic E-state index is 6.26. The molecule has 0 spiro atoms. The molecule has 1 saturated heterocycles. The van der Waals surface area contributed by atoms with Crippen LogP contribution in [-0.2, 0) is 13.0 Å². The van der Waals surface area contributed by atoms with Gasteiger partial charge in [0.2, 0.25) is 0 Å². The van der Waals surface area contributed by atoms with Crippen LogP contribution in [0.3, 0.4) is 0 Å². The molecule has 0 bridgehead atoms. The van der Waals surface area contributed by atoms with Crippen molar-refractivity contribution in [2.75, 3.05) is 39.5 Å². The van der Waals surface area contributed by atoms with Gasteiger partial charge in [-0.2, -0.15) is 5.10 Å². The number of anilines is 1. The van der Waals surface area contributed by atoms with Crippen molar-refractivity contribution in [2.45, 2.75) is 25.4 Å². The molecule has 5 nitrogen and oxygen atoms in total. The number of nitrogen functional groups attached to an aromatic ring is 1. The Morgan fingerprint density at radius 2 is 2.06 bits per heavy atom. The Hall–Kier alpha value is -1.07. The van der Waals surface area contributed by atoms with E-state index in [-0.39, 0.29) is 0 Å². The highest BCUT2D eigenvalue weighted by atomic mass is 15.4. The minimum atomic E-state index is 0.468. The maximum Gasteiger partial charge on any atom is 0.125 e. The summed E-state index contributed by atoms with van der Waals surface area (Å²) in [6.07, 6.45) is 2.21. The number of hydrogen-bond donors (Lipinski definition) is 1. The van der Waals surface area contributed by atoms with Crippen molar-refractivity contribution in [1.82, 2.24) is 19.6 Å². The smallest absolute Gasteiger partial charge is 0.125 e. The summed E-state index contributed by atoms with van der Waals surface area (Å²) in [5, 5.41) is 4.74. The second-order valence-corrected chi connectivity index (χ2v) is 5.45. The Labute approximate surface area is 102 Å². The zero-order valence-corrected chi connectivity index (χ0v) is 10.7. The first-order valence-electron chi connectivity index (χ1n) is 6.38. The molecule has 0 saturated carbocycles. The first-order chi connectivity index (χ1) is 8.15. The largest absolute Gasteiger partial charge is 0.384 e. The van der Waals surface area contributed by atoms with Crippen molar-refractivity contribution in [2.24, 2.45) is 0 Å². The van der Waals surface area contributed by atoms with E-state index in [1.54, 1.807) is 0 Å². The molecule has 1 aromatic rings. The average Bonchev–Trinajstić information content (AvgIpc) is 2.83. The van der Waals surface area contributed by atoms with Crippen molar-refractivity contribution in [3.8, 4) is 0 Å². The van der Waals surface area contributed by atoms with Crippen LogP contribution in [0.2, 0.25) is 0 Å². The van der Waals surface area contributed by atoms with Crippen molar-refractivity contribution < 1.29 is 0 Å². The zero-order chi connectivity index (χ0) is 12.0. The minimum absolute atomic E-state index is 0.468. The molecule has 2 N–H and O–H groups in total. The number of nitrogens with zero attached hydrogens (tertiary/aromatic N) is 4. The summed E-state index contributed by atoms with van der Waals surface area (Å²) >= 11 is 0. The number of fused-ring (bicyclic) bond motifs is 1. The Balaban J connectivity index is 1.91. The standard InChI is InChI=1S/C12H21N5/c1-15-5-3-9(7-15)17-12(13)10-4-6-16(2)8-11(10)14-17/h9H,3-8,13H2,1-2H3. The van der Waals surface area contributed by atoms with Gasteiger partial charge >= 0.3 is 0 Å². The second kappa shape index (κ2) is 3.99. The zero-order valence-electron chi connectivity index (χ0n) is 10.7. The SMILES string of the molecule is CN1CCc2c(nn(C3CCN(C)C3)c2N)C1. The molecule has 2 aliphatic rings. The molecular formula is C12H21N5. The first-order valence-corrected chi connectivity index (χ1v) is 6.38. The molecule has 0 amide bonds. The second-order valence-electron chi connectivity index (χ2n) is 5.45. The fourth-order valence-electron chi connectivity index (χ4n) is 2.96. The van der Waals surface area contributed by atoms with E-state index in [0.717, 1.165) is 44.8 Å². The molecule has 1 atom stereocenters. The number of hydrogen-bond acceptors (Lipinski definition) is 4. The Kier molecular flexibility index (Phi) is 2.60. The number of aromatic nitrogens is 2. The predicted molar refractivity (Wildman–Crippen MR) is 67.8 cm³/mol. The fourth-order valence-corrected chi connectivity index (χ4v) is 2.96. The summed E-state index contributed by atoms with van der Waals surface area (Å²) in [7, 11) is 4.30. The summed E-state index contributed by atoms with van der Waals surface area (Å²) in [6, 6.07) is 0.468. The lowest BCUT2D eigenvalue weighted by Gasteiger charge is -2.20. The third kappa shape index (κ3) is 1.83. The summed E-state index contributed by atoms with van der Waals surface area (Å²) in [4.78, 5) is 4.65. The van der Waals surface area contributed by atoms with E-state index in [1.165, 1.54) is 11.3 Å². The van der Waals surface area contributed by atoms with Gasteiger partial charge in [0, 0.05) is 31.7 Å². The Morgan fingerprint density at radius 3 is 2.76 bits per heavy atom. The van der Waals surface area contributed by atoms with Crippen LogP contribution in [0.25, 0.3) is 0 Å². The predicted octanol–water partition coefficient (Wildman–Crippen LogP) is 0.330. The molecule has 94 valence electrons. The van der Waals surface area contributed by atoms with Crippen LogP contribution in [0.15, 0.2) is 0 Å². The van der Waals surface area contributed by atoms with Gasteiger partial charge in [0.1, 0.15) is 5.82 Å². The summed E-state index contributed by atoms with van der Waals surface area (Å²) < 4.78 is 2.08. The summed E-state index contributed by atoms with van der Waals surface area (Å²) in [6.45, 7) is 4.25. The van der Waals surface area contributed by atoms with E-state index in [2.05, 4.69) is 28.6 Å². The van der Waals surface area contributed by atoms with Crippen LogP contribution in [0.1, 0.15) is 23.7 Å². The van der Waals surface area contributed by atoms with E-state index in [0.29, 0.717) is 6.04 Å². The Morgan fingerprint density at radius 1 is 1.24 bits per heavy atom. The number of likely N-dealkylation sites (N-methyl/N-ethyl adjacent to an activating group) is 2. The molecular weight excluding hydrogens is 214 g/mol. The molecule has 3 heterocycles. The van der Waals surface area contributed by atoms with Crippen molar-refractivity contribution in [3.63, 3.8) is 0 Å². The van der Waals surface area contributed by atoms with Crippen LogP contribution in [0.4, 0.5) is 5.82 Å². The molecule has 1 aromatic heterocycles. The fraction of sp³-hybridized carbons (Fsp3) is 0.750. The number of likely N-dealkylation sites (tertiary alicyclic amines) is 1. The Bertz CT molecular complexity index is 425. The average molecular weight is 235 g/mol. The molecule has 0 aromatic carbocycles. The van der Waals surface area contributed by atoms with E-state index in [4.69, 9.17) is 10.8 Å². The molecule has 1 fully saturated rings. The van der Waals surface area contributed by atoms with E-state index in [9.17, 15) is 0 Å². The molecule has 2 aliphatic heterocycles. The molecule has 0 aliphatic carbocycles. The van der Waals surface area contributed by atoms with E-state index < -0.39 is 0 Å². The molecule has 0 radical (unpaired) electrons. The van der Waals surface area contributed by atoms with Crippen LogP contribution in [0.5, 0.6) is 0 Å². The normalized spacial score (nSPS) is 26.4. The lowest BCUT2D eigenvalue weighted by atomic mass is 10.1. The third-order valence-corrected chi connectivity index (χ3v) is 4.01. The van der Waals surface area contributed by atoms with Crippen LogP contribution >= 0.6 is 0 Å². The van der Waals surface area contributed by atoms with Gasteiger partial charge in [0.15, 0.2) is 0 Å². The van der Waals surface area contributed by atoms with Crippen LogP contribution < -0.4 is 5.73 Å². The molecule has 17 heavy (non-hydrogen) atoms. The maximum absolute atomic E-state index is 6.26. The van der Waals surface area contributed by atoms with Crippen LogP contribution in [0, 0.1) is 0 Å². The van der Waals surface area contributed by atoms with Gasteiger partial charge in [0.25, 0.3) is 0 Å². The lowest BCUT2D eigenvalue weighted by Crippen LogP contribution is -2.26. The van der Waals surface area contributed by atoms with Crippen molar-refractivity contribution >= 4 is 5.82 Å². The third-order valence-electron chi connectivity index (χ3n) is 4.01. The number of rotatable bonds is 1. The highest BCUT2D eigenvalue weighted by Crippen LogP contribution is 2.29. The monoisotopic (exact) mass is 235 g/mol. The highest BCUT2D eigenvalue weighted by molar-refractivity contribution is 5.45. The van der Waals surface area contributed by atoms with Gasteiger partial charge in [-0.15, -0.1) is 0 Å². The minimum Gasteiger partial charge on any atom is -0.384 e. The van der Waals surface area contributed by atoms with E-state index >= 15 is 0 Å². The summed E-state index contributed by atoms with van der Waals surface area (Å²) in [5.74, 6) is 0.911. The van der Waals surface area contributed by atoms with Gasteiger partial charge in [0.05, 0.1) is 11.7 Å².